The lowest BCUT2D eigenvalue weighted by Gasteiger charge is -2.10. The monoisotopic (exact) mass is 314 g/mol. The first-order valence-electron chi connectivity index (χ1n) is 6.43. The van der Waals surface area contributed by atoms with Crippen molar-refractivity contribution in [1.82, 2.24) is 15.2 Å². The molecule has 1 aromatic carbocycles. The molecular formula is C14H14N6O3. The predicted molar refractivity (Wildman–Crippen MR) is 81.9 cm³/mol. The second-order valence-corrected chi connectivity index (χ2v) is 4.17. The van der Waals surface area contributed by atoms with Gasteiger partial charge < -0.3 is 20.1 Å². The van der Waals surface area contributed by atoms with E-state index in [0.717, 1.165) is 0 Å². The Morgan fingerprint density at radius 3 is 2.74 bits per heavy atom. The number of nitrogens with zero attached hydrogens (tertiary/aromatic N) is 3. The number of aromatic nitrogens is 3. The van der Waals surface area contributed by atoms with Gasteiger partial charge in [-0.2, -0.15) is 15.3 Å². The van der Waals surface area contributed by atoms with Crippen molar-refractivity contribution < 1.29 is 14.3 Å². The highest BCUT2D eigenvalue weighted by atomic mass is 16.5. The third kappa shape index (κ3) is 3.98. The maximum Gasteiger partial charge on any atom is 0.267 e. The van der Waals surface area contributed by atoms with E-state index < -0.39 is 5.91 Å². The van der Waals surface area contributed by atoms with Crippen LogP contribution in [0.4, 0.5) is 11.6 Å². The molecule has 0 aliphatic rings. The molecule has 23 heavy (non-hydrogen) atoms. The highest BCUT2D eigenvalue weighted by Gasteiger charge is 2.11. The Bertz CT molecular complexity index is 748. The van der Waals surface area contributed by atoms with Crippen molar-refractivity contribution in [3.05, 3.63) is 36.3 Å². The van der Waals surface area contributed by atoms with Gasteiger partial charge in [-0.05, 0) is 12.1 Å². The molecule has 0 bridgehead atoms. The third-order valence-corrected chi connectivity index (χ3v) is 2.77. The summed E-state index contributed by atoms with van der Waals surface area (Å²) in [5.74, 6) is 0.740. The average Bonchev–Trinajstić information content (AvgIpc) is 3.08. The Labute approximate surface area is 131 Å². The number of H-pyrrole nitrogens is 1. The van der Waals surface area contributed by atoms with E-state index in [1.165, 1.54) is 26.7 Å². The van der Waals surface area contributed by atoms with E-state index in [2.05, 4.69) is 25.8 Å². The minimum absolute atomic E-state index is 0.129. The SMILES string of the molecule is COc1ccc(NC(=O)/C(C#N)=C\Nc2ncn[nH]2)cc1OC. The molecule has 0 spiro atoms. The van der Waals surface area contributed by atoms with Gasteiger partial charge in [0.1, 0.15) is 18.0 Å². The zero-order valence-corrected chi connectivity index (χ0v) is 12.5. The van der Waals surface area contributed by atoms with Crippen molar-refractivity contribution in [3.8, 4) is 17.6 Å². The third-order valence-electron chi connectivity index (χ3n) is 2.77. The molecule has 0 radical (unpaired) electrons. The molecule has 0 saturated carbocycles. The van der Waals surface area contributed by atoms with Gasteiger partial charge in [-0.15, -0.1) is 0 Å². The molecule has 9 heteroatoms. The molecule has 0 unspecified atom stereocenters. The van der Waals surface area contributed by atoms with Gasteiger partial charge in [-0.3, -0.25) is 4.79 Å². The van der Waals surface area contributed by atoms with E-state index in [0.29, 0.717) is 23.1 Å². The van der Waals surface area contributed by atoms with Gasteiger partial charge in [-0.25, -0.2) is 5.10 Å². The van der Waals surface area contributed by atoms with Crippen molar-refractivity contribution in [2.24, 2.45) is 0 Å². The molecular weight excluding hydrogens is 300 g/mol. The number of carbonyl (C=O) groups excluding carboxylic acids is 1. The first-order chi connectivity index (χ1) is 11.2. The van der Waals surface area contributed by atoms with E-state index in [4.69, 9.17) is 14.7 Å². The van der Waals surface area contributed by atoms with E-state index >= 15 is 0 Å². The number of ether oxygens (including phenoxy) is 2. The smallest absolute Gasteiger partial charge is 0.267 e. The van der Waals surface area contributed by atoms with Crippen LogP contribution in [0.15, 0.2) is 36.3 Å². The Hall–Kier alpha value is -3.54. The molecule has 9 nitrogen and oxygen atoms in total. The van der Waals surface area contributed by atoms with Crippen molar-refractivity contribution in [1.29, 1.82) is 5.26 Å². The Balaban J connectivity index is 2.10. The summed E-state index contributed by atoms with van der Waals surface area (Å²) in [5, 5.41) is 20.5. The minimum atomic E-state index is -0.577. The fourth-order valence-electron chi connectivity index (χ4n) is 1.68. The molecule has 0 aliphatic heterocycles. The number of benzene rings is 1. The normalized spacial score (nSPS) is 10.6. The maximum atomic E-state index is 12.1. The van der Waals surface area contributed by atoms with Gasteiger partial charge in [0.05, 0.1) is 14.2 Å². The predicted octanol–water partition coefficient (Wildman–Crippen LogP) is 1.28. The maximum absolute atomic E-state index is 12.1. The molecule has 2 rings (SSSR count). The molecule has 0 saturated heterocycles. The Morgan fingerprint density at radius 1 is 1.35 bits per heavy atom. The Morgan fingerprint density at radius 2 is 2.13 bits per heavy atom. The van der Waals surface area contributed by atoms with Gasteiger partial charge in [0.25, 0.3) is 5.91 Å². The topological polar surface area (TPSA) is 125 Å². The molecule has 3 N–H and O–H groups in total. The summed E-state index contributed by atoms with van der Waals surface area (Å²) in [5.41, 5.74) is 0.338. The number of methoxy groups -OCH3 is 2. The molecule has 1 amide bonds. The summed E-state index contributed by atoms with van der Waals surface area (Å²) in [6.45, 7) is 0. The second-order valence-electron chi connectivity index (χ2n) is 4.17. The number of rotatable bonds is 6. The second kappa shape index (κ2) is 7.46. The number of amides is 1. The largest absolute Gasteiger partial charge is 0.493 e. The highest BCUT2D eigenvalue weighted by Crippen LogP contribution is 2.29. The molecule has 2 aromatic rings. The van der Waals surface area contributed by atoms with Crippen LogP contribution < -0.4 is 20.1 Å². The number of aromatic amines is 1. The van der Waals surface area contributed by atoms with Gasteiger partial charge in [0, 0.05) is 18.0 Å². The summed E-state index contributed by atoms with van der Waals surface area (Å²) < 4.78 is 10.3. The molecule has 0 atom stereocenters. The fraction of sp³-hybridized carbons (Fsp3) is 0.143. The number of hydrogen-bond donors (Lipinski definition) is 3. The summed E-state index contributed by atoms with van der Waals surface area (Å²) in [6, 6.07) is 6.68. The molecule has 0 aliphatic carbocycles. The number of hydrogen-bond acceptors (Lipinski definition) is 7. The van der Waals surface area contributed by atoms with Crippen LogP contribution in [0.25, 0.3) is 0 Å². The van der Waals surface area contributed by atoms with Gasteiger partial charge in [-0.1, -0.05) is 0 Å². The first kappa shape index (κ1) is 15.8. The summed E-state index contributed by atoms with van der Waals surface area (Å²) in [6.07, 6.45) is 2.53. The van der Waals surface area contributed by atoms with Crippen LogP contribution in [0.3, 0.4) is 0 Å². The van der Waals surface area contributed by atoms with Crippen molar-refractivity contribution >= 4 is 17.5 Å². The molecule has 0 fully saturated rings. The number of nitriles is 1. The van der Waals surface area contributed by atoms with Crippen LogP contribution in [0, 0.1) is 11.3 Å². The molecule has 118 valence electrons. The van der Waals surface area contributed by atoms with E-state index in [-0.39, 0.29) is 5.57 Å². The summed E-state index contributed by atoms with van der Waals surface area (Å²) in [4.78, 5) is 15.9. The van der Waals surface area contributed by atoms with E-state index in [1.807, 2.05) is 0 Å². The zero-order valence-electron chi connectivity index (χ0n) is 12.5. The standard InChI is InChI=1S/C14H14N6O3/c1-22-11-4-3-10(5-12(11)23-2)19-13(21)9(6-15)7-16-14-17-8-18-20-14/h3-5,7-8H,1-2H3,(H,19,21)(H2,16,17,18,20)/b9-7-. The van der Waals surface area contributed by atoms with Crippen LogP contribution in [-0.2, 0) is 4.79 Å². The lowest BCUT2D eigenvalue weighted by molar-refractivity contribution is -0.112. The van der Waals surface area contributed by atoms with Crippen LogP contribution in [0.1, 0.15) is 0 Å². The van der Waals surface area contributed by atoms with E-state index in [9.17, 15) is 4.79 Å². The number of carbonyl (C=O) groups is 1. The number of nitrogens with one attached hydrogen (secondary N) is 3. The highest BCUT2D eigenvalue weighted by molar-refractivity contribution is 6.06. The van der Waals surface area contributed by atoms with Crippen LogP contribution >= 0.6 is 0 Å². The first-order valence-corrected chi connectivity index (χ1v) is 6.43. The quantitative estimate of drug-likeness (QED) is 0.541. The lowest BCUT2D eigenvalue weighted by atomic mass is 10.2. The van der Waals surface area contributed by atoms with Crippen LogP contribution in [-0.4, -0.2) is 35.3 Å². The van der Waals surface area contributed by atoms with E-state index in [1.54, 1.807) is 24.3 Å². The molecule has 1 heterocycles. The minimum Gasteiger partial charge on any atom is -0.493 e. The van der Waals surface area contributed by atoms with Gasteiger partial charge in [0.15, 0.2) is 11.5 Å². The van der Waals surface area contributed by atoms with Crippen molar-refractivity contribution in [2.45, 2.75) is 0 Å². The Kier molecular flexibility index (Phi) is 5.14. The number of anilines is 2. The van der Waals surface area contributed by atoms with Gasteiger partial charge in [0.2, 0.25) is 5.95 Å². The van der Waals surface area contributed by atoms with Gasteiger partial charge >= 0.3 is 0 Å². The van der Waals surface area contributed by atoms with Crippen LogP contribution in [0.5, 0.6) is 11.5 Å². The van der Waals surface area contributed by atoms with Crippen molar-refractivity contribution in [2.75, 3.05) is 24.9 Å². The summed E-state index contributed by atoms with van der Waals surface area (Å²) >= 11 is 0. The zero-order chi connectivity index (χ0) is 16.7. The van der Waals surface area contributed by atoms with Crippen molar-refractivity contribution in [3.63, 3.8) is 0 Å². The molecule has 1 aromatic heterocycles. The lowest BCUT2D eigenvalue weighted by Crippen LogP contribution is -2.14. The fourth-order valence-corrected chi connectivity index (χ4v) is 1.68. The van der Waals surface area contributed by atoms with Crippen LogP contribution in [0.2, 0.25) is 0 Å². The summed E-state index contributed by atoms with van der Waals surface area (Å²) in [7, 11) is 3.01. The average molecular weight is 314 g/mol.